The number of benzene rings is 2. The highest BCUT2D eigenvalue weighted by Gasteiger charge is 2.08. The van der Waals surface area contributed by atoms with Crippen LogP contribution in [0.5, 0.6) is 17.2 Å². The Bertz CT molecular complexity index is 721. The minimum absolute atomic E-state index is 0.0886. The first-order valence-electron chi connectivity index (χ1n) is 6.87. The third-order valence-electron chi connectivity index (χ3n) is 3.29. The van der Waals surface area contributed by atoms with Gasteiger partial charge in [-0.25, -0.2) is 0 Å². The van der Waals surface area contributed by atoms with Crippen LogP contribution < -0.4 is 14.2 Å². The second-order valence-electron chi connectivity index (χ2n) is 4.65. The molecule has 23 heavy (non-hydrogen) atoms. The lowest BCUT2D eigenvalue weighted by atomic mass is 10.1. The first-order chi connectivity index (χ1) is 11.1. The van der Waals surface area contributed by atoms with E-state index in [0.29, 0.717) is 22.8 Å². The summed E-state index contributed by atoms with van der Waals surface area (Å²) >= 11 is 3.46. The Labute approximate surface area is 143 Å². The van der Waals surface area contributed by atoms with E-state index in [1.54, 1.807) is 63.8 Å². The molecule has 0 aromatic heterocycles. The average Bonchev–Trinajstić information content (AvgIpc) is 2.60. The van der Waals surface area contributed by atoms with E-state index >= 15 is 0 Å². The molecule has 0 spiro atoms. The maximum absolute atomic E-state index is 12.2. The van der Waals surface area contributed by atoms with Crippen LogP contribution in [-0.2, 0) is 0 Å². The van der Waals surface area contributed by atoms with E-state index in [-0.39, 0.29) is 5.78 Å². The maximum Gasteiger partial charge on any atom is 0.185 e. The van der Waals surface area contributed by atoms with Crippen LogP contribution in [0.3, 0.4) is 0 Å². The van der Waals surface area contributed by atoms with Crippen molar-refractivity contribution in [3.05, 3.63) is 58.1 Å². The quantitative estimate of drug-likeness (QED) is 0.554. The summed E-state index contributed by atoms with van der Waals surface area (Å²) < 4.78 is 16.4. The van der Waals surface area contributed by atoms with Gasteiger partial charge in [0.15, 0.2) is 17.3 Å². The largest absolute Gasteiger partial charge is 0.497 e. The zero-order valence-electron chi connectivity index (χ0n) is 13.1. The van der Waals surface area contributed by atoms with E-state index in [0.717, 1.165) is 10.0 Å². The van der Waals surface area contributed by atoms with E-state index < -0.39 is 0 Å². The predicted octanol–water partition coefficient (Wildman–Crippen LogP) is 4.37. The van der Waals surface area contributed by atoms with Crippen molar-refractivity contribution in [3.63, 3.8) is 0 Å². The molecular weight excluding hydrogens is 360 g/mol. The van der Waals surface area contributed by atoms with Gasteiger partial charge in [-0.05, 0) is 54.1 Å². The minimum atomic E-state index is -0.0886. The summed E-state index contributed by atoms with van der Waals surface area (Å²) in [6, 6.07) is 10.6. The Hall–Kier alpha value is -2.27. The summed E-state index contributed by atoms with van der Waals surface area (Å²) in [6.07, 6.45) is 3.26. The number of hydrogen-bond acceptors (Lipinski definition) is 4. The third-order valence-corrected chi connectivity index (χ3v) is 3.98. The van der Waals surface area contributed by atoms with Crippen LogP contribution in [0.1, 0.15) is 15.9 Å². The van der Waals surface area contributed by atoms with Gasteiger partial charge in [0, 0.05) is 10.0 Å². The number of methoxy groups -OCH3 is 3. The van der Waals surface area contributed by atoms with Gasteiger partial charge in [0.25, 0.3) is 0 Å². The first kappa shape index (κ1) is 17.1. The SMILES string of the molecule is COc1ccc(C(=O)C=Cc2cc(OC)c(OC)cc2Br)cc1. The predicted molar refractivity (Wildman–Crippen MR) is 93.6 cm³/mol. The monoisotopic (exact) mass is 376 g/mol. The molecular formula is C18H17BrO4. The van der Waals surface area contributed by atoms with Crippen molar-refractivity contribution < 1.29 is 19.0 Å². The molecule has 0 amide bonds. The number of ketones is 1. The molecule has 0 saturated heterocycles. The van der Waals surface area contributed by atoms with Gasteiger partial charge in [0.05, 0.1) is 21.3 Å². The Morgan fingerprint density at radius 1 is 0.957 bits per heavy atom. The molecule has 0 saturated carbocycles. The highest BCUT2D eigenvalue weighted by atomic mass is 79.9. The lowest BCUT2D eigenvalue weighted by Gasteiger charge is -2.09. The Balaban J connectivity index is 2.23. The van der Waals surface area contributed by atoms with Crippen LogP contribution in [0.4, 0.5) is 0 Å². The molecule has 0 atom stereocenters. The number of carbonyl (C=O) groups is 1. The van der Waals surface area contributed by atoms with Crippen LogP contribution in [0.25, 0.3) is 6.08 Å². The zero-order valence-corrected chi connectivity index (χ0v) is 14.7. The molecule has 0 radical (unpaired) electrons. The van der Waals surface area contributed by atoms with Crippen LogP contribution >= 0.6 is 15.9 Å². The number of rotatable bonds is 6. The van der Waals surface area contributed by atoms with Gasteiger partial charge in [-0.3, -0.25) is 4.79 Å². The molecule has 2 rings (SSSR count). The lowest BCUT2D eigenvalue weighted by molar-refractivity contribution is 0.104. The molecule has 0 aliphatic rings. The van der Waals surface area contributed by atoms with Crippen molar-refractivity contribution in [2.45, 2.75) is 0 Å². The van der Waals surface area contributed by atoms with Gasteiger partial charge in [-0.1, -0.05) is 15.9 Å². The fourth-order valence-electron chi connectivity index (χ4n) is 2.01. The lowest BCUT2D eigenvalue weighted by Crippen LogP contribution is -1.95. The van der Waals surface area contributed by atoms with Crippen LogP contribution in [-0.4, -0.2) is 27.1 Å². The summed E-state index contributed by atoms with van der Waals surface area (Å²) in [5, 5.41) is 0. The molecule has 0 bridgehead atoms. The molecule has 2 aromatic rings. The first-order valence-corrected chi connectivity index (χ1v) is 7.66. The second kappa shape index (κ2) is 7.83. The molecule has 4 nitrogen and oxygen atoms in total. The fourth-order valence-corrected chi connectivity index (χ4v) is 2.47. The molecule has 0 heterocycles. The van der Waals surface area contributed by atoms with Crippen molar-refractivity contribution in [2.75, 3.05) is 21.3 Å². The third kappa shape index (κ3) is 4.13. The molecule has 0 fully saturated rings. The standard InChI is InChI=1S/C18H17BrO4/c1-21-14-7-4-12(5-8-14)16(20)9-6-13-10-17(22-2)18(23-3)11-15(13)19/h4-11H,1-3H3. The van der Waals surface area contributed by atoms with Gasteiger partial charge in [-0.2, -0.15) is 0 Å². The number of carbonyl (C=O) groups excluding carboxylic acids is 1. The smallest absolute Gasteiger partial charge is 0.185 e. The highest BCUT2D eigenvalue weighted by Crippen LogP contribution is 2.33. The number of hydrogen-bond donors (Lipinski definition) is 0. The van der Waals surface area contributed by atoms with E-state index in [1.165, 1.54) is 6.08 Å². The van der Waals surface area contributed by atoms with Crippen molar-refractivity contribution in [1.29, 1.82) is 0 Å². The maximum atomic E-state index is 12.2. The summed E-state index contributed by atoms with van der Waals surface area (Å²) in [4.78, 5) is 12.2. The molecule has 5 heteroatoms. The highest BCUT2D eigenvalue weighted by molar-refractivity contribution is 9.10. The molecule has 0 unspecified atom stereocenters. The summed E-state index contributed by atoms with van der Waals surface area (Å²) in [6.45, 7) is 0. The molecule has 0 aliphatic heterocycles. The van der Waals surface area contributed by atoms with Gasteiger partial charge >= 0.3 is 0 Å². The van der Waals surface area contributed by atoms with Gasteiger partial charge in [0.2, 0.25) is 0 Å². The van der Waals surface area contributed by atoms with Crippen LogP contribution in [0.2, 0.25) is 0 Å². The molecule has 0 aliphatic carbocycles. The van der Waals surface area contributed by atoms with Gasteiger partial charge < -0.3 is 14.2 Å². The van der Waals surface area contributed by atoms with E-state index in [1.807, 2.05) is 0 Å². The van der Waals surface area contributed by atoms with Crippen molar-refractivity contribution in [3.8, 4) is 17.2 Å². The summed E-state index contributed by atoms with van der Waals surface area (Å²) in [5.41, 5.74) is 1.42. The topological polar surface area (TPSA) is 44.8 Å². The van der Waals surface area contributed by atoms with Gasteiger partial charge in [0.1, 0.15) is 5.75 Å². The van der Waals surface area contributed by atoms with Crippen molar-refractivity contribution in [2.24, 2.45) is 0 Å². The Kier molecular flexibility index (Phi) is 5.82. The minimum Gasteiger partial charge on any atom is -0.497 e. The second-order valence-corrected chi connectivity index (χ2v) is 5.51. The van der Waals surface area contributed by atoms with Crippen molar-refractivity contribution >= 4 is 27.8 Å². The van der Waals surface area contributed by atoms with Gasteiger partial charge in [-0.15, -0.1) is 0 Å². The zero-order chi connectivity index (χ0) is 16.8. The number of halogens is 1. The van der Waals surface area contributed by atoms with Crippen molar-refractivity contribution in [1.82, 2.24) is 0 Å². The average molecular weight is 377 g/mol. The normalized spacial score (nSPS) is 10.6. The molecule has 0 N–H and O–H groups in total. The molecule has 120 valence electrons. The van der Waals surface area contributed by atoms with Crippen LogP contribution in [0, 0.1) is 0 Å². The fraction of sp³-hybridized carbons (Fsp3) is 0.167. The summed E-state index contributed by atoms with van der Waals surface area (Å²) in [7, 11) is 4.74. The molecule has 2 aromatic carbocycles. The Morgan fingerprint density at radius 2 is 1.57 bits per heavy atom. The summed E-state index contributed by atoms with van der Waals surface area (Å²) in [5.74, 6) is 1.85. The Morgan fingerprint density at radius 3 is 2.13 bits per heavy atom. The van der Waals surface area contributed by atoms with Crippen LogP contribution in [0.15, 0.2) is 46.9 Å². The van der Waals surface area contributed by atoms with E-state index in [2.05, 4.69) is 15.9 Å². The van der Waals surface area contributed by atoms with E-state index in [4.69, 9.17) is 14.2 Å². The number of ether oxygens (including phenoxy) is 3. The van der Waals surface area contributed by atoms with E-state index in [9.17, 15) is 4.79 Å². The number of allylic oxidation sites excluding steroid dienone is 1.